The van der Waals surface area contributed by atoms with E-state index in [2.05, 4.69) is 11.2 Å². The maximum Gasteiger partial charge on any atom is 0 e. The van der Waals surface area contributed by atoms with Crippen molar-refractivity contribution in [2.45, 2.75) is 0 Å². The van der Waals surface area contributed by atoms with Gasteiger partial charge in [0.1, 0.15) is 0 Å². The molecule has 1 atom stereocenters. The van der Waals surface area contributed by atoms with Crippen LogP contribution in [0, 0.1) is 0 Å². The van der Waals surface area contributed by atoms with Crippen molar-refractivity contribution in [2.75, 3.05) is 0 Å². The fourth-order valence-electron chi connectivity index (χ4n) is 0. The molecule has 0 amide bonds. The third-order valence-corrected chi connectivity index (χ3v) is 0. The molecule has 0 aromatic rings. The van der Waals surface area contributed by atoms with Gasteiger partial charge in [0.2, 0.25) is 0 Å². The monoisotopic (exact) mass is 274 g/mol. The van der Waals surface area contributed by atoms with E-state index in [1.54, 1.807) is 0 Å². The van der Waals surface area contributed by atoms with Crippen LogP contribution in [-0.4, -0.2) is 42.6 Å². The molecule has 0 aliphatic heterocycles. The second-order valence-corrected chi connectivity index (χ2v) is 2.56. The van der Waals surface area contributed by atoms with Crippen LogP contribution in [-0.2, 0) is 31.9 Å². The molecule has 7 heteroatoms. The molecule has 0 aliphatic rings. The van der Waals surface area contributed by atoms with Gasteiger partial charge in [-0.3, -0.25) is 0 Å². The van der Waals surface area contributed by atoms with Crippen LogP contribution in [0.5, 0.6) is 0 Å². The predicted molar refractivity (Wildman–Crippen MR) is 25.3 cm³/mol. The van der Waals surface area contributed by atoms with E-state index in [9.17, 15) is 4.20 Å². The molecule has 38 valence electrons. The smallest absolute Gasteiger partial charge is 0 e. The van der Waals surface area contributed by atoms with Gasteiger partial charge in [-0.2, -0.15) is 0 Å². The van der Waals surface area contributed by atoms with Gasteiger partial charge in [-0.1, -0.05) is 0 Å². The van der Waals surface area contributed by atoms with Crippen molar-refractivity contribution in [1.29, 1.82) is 0 Å². The summed E-state index contributed by atoms with van der Waals surface area (Å²) in [5.41, 5.74) is 0. The summed E-state index contributed by atoms with van der Waals surface area (Å²) in [6, 6.07) is 0. The van der Waals surface area contributed by atoms with Gasteiger partial charge in [-0.05, 0) is 0 Å². The summed E-state index contributed by atoms with van der Waals surface area (Å²) in [5, 5.41) is 0. The van der Waals surface area contributed by atoms with Gasteiger partial charge in [-0.15, -0.1) is 4.20 Å². The van der Waals surface area contributed by atoms with Crippen LogP contribution in [0.2, 0.25) is 0 Å². The summed E-state index contributed by atoms with van der Waals surface area (Å²) in [7, 11) is -4.67. The average Bonchev–Trinajstić information content (AvgIpc) is 0.722. The number of halogens is 2. The first-order valence-electron chi connectivity index (χ1n) is 0.721. The van der Waals surface area contributed by atoms with Crippen molar-refractivity contribution in [1.82, 2.24) is 0 Å². The van der Waals surface area contributed by atoms with E-state index < -0.39 is 7.03 Å². The molecule has 0 aromatic heterocycles. The van der Waals surface area contributed by atoms with Crippen LogP contribution in [0.25, 0.3) is 0 Å². The molecule has 0 fully saturated rings. The van der Waals surface area contributed by atoms with Gasteiger partial charge in [0.15, 0.2) is 0 Å². The second-order valence-electron chi connectivity index (χ2n) is 0.435. The Bertz CT molecular complexity index is 63.8. The van der Waals surface area contributed by atoms with Crippen molar-refractivity contribution < 1.29 is 41.0 Å². The Balaban J connectivity index is -0.0000000800. The summed E-state index contributed by atoms with van der Waals surface area (Å²) < 4.78 is 19.4. The van der Waals surface area contributed by atoms with Crippen LogP contribution in [0.3, 0.4) is 0 Å². The minimum absolute atomic E-state index is 0. The fraction of sp³-hybridized carbons (Fsp3) is 0. The summed E-state index contributed by atoms with van der Waals surface area (Å²) in [4.78, 5) is 7.18. The zero-order chi connectivity index (χ0) is 4.50. The van der Waals surface area contributed by atoms with Crippen LogP contribution in [0.1, 0.15) is 0 Å². The Morgan fingerprint density at radius 3 is 1.71 bits per heavy atom. The molecule has 7 heavy (non-hydrogen) atoms. The third kappa shape index (κ3) is 55.6. The molecule has 0 rings (SSSR count). The average molecular weight is 273 g/mol. The second kappa shape index (κ2) is 6.71. The normalized spacial score (nSPS) is 15.3. The molecule has 0 aliphatic carbocycles. The molecule has 1 N–H and O–H groups in total. The Hall–Kier alpha value is 2.59. The van der Waals surface area contributed by atoms with Gasteiger partial charge in [-0.25, -0.2) is 4.57 Å². The minimum atomic E-state index is -4.67. The fourth-order valence-corrected chi connectivity index (χ4v) is 0. The van der Waals surface area contributed by atoms with E-state index in [4.69, 9.17) is 9.46 Å². The zero-order valence-electron chi connectivity index (χ0n) is 2.77. The quantitative estimate of drug-likeness (QED) is 0.511. The van der Waals surface area contributed by atoms with Gasteiger partial charge in [0.05, 0.1) is 0 Å². The molecule has 1 unspecified atom stereocenters. The van der Waals surface area contributed by atoms with E-state index in [1.807, 2.05) is 0 Å². The first-order chi connectivity index (χ1) is 2.00. The van der Waals surface area contributed by atoms with Gasteiger partial charge < -0.3 is 4.89 Å². The standard InChI is InChI=1S/Ca.Cd.ClFHO2P.2H/c;;1-5(2,3)4;;/h;;(H,3,4);;. The van der Waals surface area contributed by atoms with Crippen molar-refractivity contribution in [2.24, 2.45) is 0 Å². The van der Waals surface area contributed by atoms with Crippen LogP contribution in [0.15, 0.2) is 0 Å². The maximum atomic E-state index is 10.6. The largest absolute Gasteiger partial charge is 0 e. The number of hydrogen-bond donors (Lipinski definition) is 1. The third-order valence-electron chi connectivity index (χ3n) is 0. The molecule has 2 nitrogen and oxygen atoms in total. The van der Waals surface area contributed by atoms with E-state index in [0.29, 0.717) is 0 Å². The Kier molecular flexibility index (Phi) is 15.6. The Labute approximate surface area is 95.3 Å². The number of rotatable bonds is 0. The first-order valence-corrected chi connectivity index (χ1v) is 3.18. The molecular weight excluding hydrogens is 270 g/mol. The van der Waals surface area contributed by atoms with Crippen LogP contribution in [0.4, 0.5) is 4.20 Å². The van der Waals surface area contributed by atoms with E-state index in [0.717, 1.165) is 0 Å². The van der Waals surface area contributed by atoms with Crippen LogP contribution >= 0.6 is 18.3 Å². The van der Waals surface area contributed by atoms with Gasteiger partial charge in [0, 0.05) is 38.5 Å². The van der Waals surface area contributed by atoms with Crippen molar-refractivity contribution in [3.63, 3.8) is 0 Å². The zero-order valence-corrected chi connectivity index (χ0v) is 8.45. The van der Waals surface area contributed by atoms with Crippen LogP contribution < -0.4 is 0 Å². The summed E-state index contributed by atoms with van der Waals surface area (Å²) in [6.45, 7) is 0. The van der Waals surface area contributed by atoms with Crippen molar-refractivity contribution >= 4 is 56.0 Å². The Morgan fingerprint density at radius 1 is 1.71 bits per heavy atom. The summed E-state index contributed by atoms with van der Waals surface area (Å²) >= 11 is 3.97. The molecular formula is H3CaCdClFO2P. The topological polar surface area (TPSA) is 37.3 Å². The van der Waals surface area contributed by atoms with Gasteiger partial charge >= 0.3 is 44.8 Å². The molecule has 0 heterocycles. The Morgan fingerprint density at radius 2 is 1.71 bits per heavy atom. The van der Waals surface area contributed by atoms with Gasteiger partial charge in [0.25, 0.3) is 0 Å². The number of hydrogen-bond acceptors (Lipinski definition) is 1. The minimum Gasteiger partial charge on any atom is 0 e. The van der Waals surface area contributed by atoms with Crippen molar-refractivity contribution in [3.05, 3.63) is 0 Å². The molecule has 0 saturated heterocycles. The molecule has 0 saturated carbocycles. The van der Waals surface area contributed by atoms with Crippen molar-refractivity contribution in [3.8, 4) is 0 Å². The summed E-state index contributed by atoms with van der Waals surface area (Å²) in [5.74, 6) is 0. The van der Waals surface area contributed by atoms with E-state index in [1.165, 1.54) is 0 Å². The SMILES string of the molecule is O=P(O)(F)Cl.[CaH2].[Cd]. The first kappa shape index (κ1) is 16.3. The molecule has 0 bridgehead atoms. The maximum absolute atomic E-state index is 10.6. The molecule has 0 aromatic carbocycles. The predicted octanol–water partition coefficient (Wildman–Crippen LogP) is 0.376. The van der Waals surface area contributed by atoms with E-state index in [-0.39, 0.29) is 65.0 Å². The summed E-state index contributed by atoms with van der Waals surface area (Å²) in [6.07, 6.45) is 0. The molecule has 0 spiro atoms. The van der Waals surface area contributed by atoms with E-state index >= 15 is 0 Å². The molecule has 0 radical (unpaired) electrons.